The largest absolute Gasteiger partial charge is 0.339 e. The second-order valence-corrected chi connectivity index (χ2v) is 8.16. The van der Waals surface area contributed by atoms with Crippen molar-refractivity contribution in [1.29, 1.82) is 0 Å². The molecule has 1 atom stereocenters. The van der Waals surface area contributed by atoms with E-state index in [4.69, 9.17) is 12.2 Å². The highest BCUT2D eigenvalue weighted by Crippen LogP contribution is 2.36. The van der Waals surface area contributed by atoms with Crippen LogP contribution in [0.4, 0.5) is 0 Å². The van der Waals surface area contributed by atoms with Gasteiger partial charge < -0.3 is 9.88 Å². The molecule has 0 bridgehead atoms. The van der Waals surface area contributed by atoms with E-state index in [-0.39, 0.29) is 22.9 Å². The Labute approximate surface area is 159 Å². The number of nitrogens with zero attached hydrogens (tertiary/aromatic N) is 2. The van der Waals surface area contributed by atoms with E-state index in [1.807, 2.05) is 23.1 Å². The number of aromatic amines is 1. The molecule has 140 valence electrons. The molecule has 1 aliphatic heterocycles. The van der Waals surface area contributed by atoms with E-state index in [0.717, 1.165) is 31.3 Å². The van der Waals surface area contributed by atoms with Gasteiger partial charge in [-0.3, -0.25) is 14.2 Å². The molecule has 0 aliphatic carbocycles. The van der Waals surface area contributed by atoms with E-state index >= 15 is 0 Å². The number of amides is 1. The van der Waals surface area contributed by atoms with E-state index in [2.05, 4.69) is 25.8 Å². The smallest absolute Gasteiger partial charge is 0.262 e. The Morgan fingerprint density at radius 3 is 2.81 bits per heavy atom. The molecule has 26 heavy (non-hydrogen) atoms. The summed E-state index contributed by atoms with van der Waals surface area (Å²) >= 11 is 5.34. The van der Waals surface area contributed by atoms with Crippen molar-refractivity contribution in [2.24, 2.45) is 5.41 Å². The van der Waals surface area contributed by atoms with Crippen LogP contribution in [0.2, 0.25) is 0 Å². The first-order chi connectivity index (χ1) is 12.3. The third-order valence-corrected chi connectivity index (χ3v) is 6.15. The van der Waals surface area contributed by atoms with Gasteiger partial charge in [-0.2, -0.15) is 0 Å². The number of aromatic nitrogens is 2. The second-order valence-electron chi connectivity index (χ2n) is 7.77. The first kappa shape index (κ1) is 18.8. The van der Waals surface area contributed by atoms with Crippen molar-refractivity contribution < 1.29 is 4.79 Å². The number of para-hydroxylation sites is 1. The number of benzene rings is 1. The maximum absolute atomic E-state index is 12.8. The maximum atomic E-state index is 12.8. The molecule has 1 aromatic heterocycles. The fraction of sp³-hybridized carbons (Fsp3) is 0.550. The third-order valence-electron chi connectivity index (χ3n) is 5.83. The van der Waals surface area contributed by atoms with Crippen LogP contribution in [0.1, 0.15) is 46.5 Å². The number of carbonyl (C=O) groups excluding carboxylic acids is 1. The minimum absolute atomic E-state index is 0.114. The number of carbonyl (C=O) groups is 1. The summed E-state index contributed by atoms with van der Waals surface area (Å²) in [6.07, 6.45) is 3.45. The lowest BCUT2D eigenvalue weighted by atomic mass is 9.80. The molecule has 1 saturated heterocycles. The first-order valence-electron chi connectivity index (χ1n) is 9.36. The highest BCUT2D eigenvalue weighted by molar-refractivity contribution is 7.71. The van der Waals surface area contributed by atoms with E-state index in [9.17, 15) is 9.59 Å². The summed E-state index contributed by atoms with van der Waals surface area (Å²) in [5.41, 5.74) is 0.710. The lowest BCUT2D eigenvalue weighted by Crippen LogP contribution is -2.44. The average Bonchev–Trinajstić information content (AvgIpc) is 3.12. The molecule has 0 radical (unpaired) electrons. The molecule has 1 unspecified atom stereocenters. The van der Waals surface area contributed by atoms with Crippen LogP contribution < -0.4 is 5.56 Å². The Kier molecular flexibility index (Phi) is 5.32. The summed E-state index contributed by atoms with van der Waals surface area (Å²) in [5.74, 6) is 0.114. The Balaban J connectivity index is 1.79. The number of hydrogen-bond donors (Lipinski definition) is 1. The van der Waals surface area contributed by atoms with Crippen LogP contribution in [0, 0.1) is 10.2 Å². The molecule has 5 nitrogen and oxygen atoms in total. The quantitative estimate of drug-likeness (QED) is 0.809. The predicted molar refractivity (Wildman–Crippen MR) is 107 cm³/mol. The SMILES string of the molecule is CCC(C)(C)C1CCCN1C(=O)CCn1c(=S)[nH]c2ccccc2c1=O. The number of rotatable bonds is 5. The molecule has 1 N–H and O–H groups in total. The maximum Gasteiger partial charge on any atom is 0.262 e. The van der Waals surface area contributed by atoms with E-state index in [0.29, 0.717) is 23.1 Å². The van der Waals surface area contributed by atoms with Crippen LogP contribution in [-0.4, -0.2) is 32.9 Å². The summed E-state index contributed by atoms with van der Waals surface area (Å²) in [4.78, 5) is 30.7. The lowest BCUT2D eigenvalue weighted by Gasteiger charge is -2.37. The van der Waals surface area contributed by atoms with Gasteiger partial charge in [-0.15, -0.1) is 0 Å². The van der Waals surface area contributed by atoms with Gasteiger partial charge in [0.1, 0.15) is 0 Å². The third kappa shape index (κ3) is 3.47. The van der Waals surface area contributed by atoms with Gasteiger partial charge in [0.05, 0.1) is 10.9 Å². The van der Waals surface area contributed by atoms with Gasteiger partial charge in [-0.1, -0.05) is 32.9 Å². The van der Waals surface area contributed by atoms with Gasteiger partial charge in [0.2, 0.25) is 5.91 Å². The van der Waals surface area contributed by atoms with Crippen LogP contribution in [0.25, 0.3) is 10.9 Å². The van der Waals surface area contributed by atoms with Crippen molar-refractivity contribution >= 4 is 29.0 Å². The van der Waals surface area contributed by atoms with E-state index < -0.39 is 0 Å². The van der Waals surface area contributed by atoms with Gasteiger partial charge in [0.25, 0.3) is 5.56 Å². The van der Waals surface area contributed by atoms with E-state index in [1.165, 1.54) is 4.57 Å². The average molecular weight is 374 g/mol. The molecule has 2 heterocycles. The van der Waals surface area contributed by atoms with Gasteiger partial charge in [0, 0.05) is 25.6 Å². The predicted octanol–water partition coefficient (Wildman–Crippen LogP) is 3.88. The summed E-state index contributed by atoms with van der Waals surface area (Å²) in [7, 11) is 0. The Morgan fingerprint density at radius 2 is 2.08 bits per heavy atom. The van der Waals surface area contributed by atoms with Gasteiger partial charge in [-0.25, -0.2) is 0 Å². The van der Waals surface area contributed by atoms with Crippen LogP contribution in [0.3, 0.4) is 0 Å². The van der Waals surface area contributed by atoms with E-state index in [1.54, 1.807) is 6.07 Å². The van der Waals surface area contributed by atoms with Gasteiger partial charge >= 0.3 is 0 Å². The van der Waals surface area contributed by atoms with Crippen molar-refractivity contribution in [3.63, 3.8) is 0 Å². The summed E-state index contributed by atoms with van der Waals surface area (Å²) in [6, 6.07) is 7.59. The first-order valence-corrected chi connectivity index (χ1v) is 9.77. The molecule has 0 saturated carbocycles. The normalized spacial score (nSPS) is 17.8. The van der Waals surface area contributed by atoms with Crippen molar-refractivity contribution in [2.75, 3.05) is 6.54 Å². The zero-order valence-corrected chi connectivity index (χ0v) is 16.6. The van der Waals surface area contributed by atoms with Gasteiger partial charge in [0.15, 0.2) is 4.77 Å². The van der Waals surface area contributed by atoms with Gasteiger partial charge in [-0.05, 0) is 49.0 Å². The number of fused-ring (bicyclic) bond motifs is 1. The number of nitrogens with one attached hydrogen (secondary N) is 1. The summed E-state index contributed by atoms with van der Waals surface area (Å²) in [6.45, 7) is 7.76. The topological polar surface area (TPSA) is 58.1 Å². The Morgan fingerprint density at radius 1 is 1.35 bits per heavy atom. The molecule has 0 spiro atoms. The number of likely N-dealkylation sites (tertiary alicyclic amines) is 1. The molecule has 6 heteroatoms. The van der Waals surface area contributed by atoms with Crippen molar-refractivity contribution in [2.45, 2.75) is 59.0 Å². The van der Waals surface area contributed by atoms with Crippen LogP contribution >= 0.6 is 12.2 Å². The Hall–Kier alpha value is -1.95. The summed E-state index contributed by atoms with van der Waals surface area (Å²) in [5, 5.41) is 0.597. The second kappa shape index (κ2) is 7.35. The fourth-order valence-corrected chi connectivity index (χ4v) is 4.15. The molecular weight excluding hydrogens is 346 g/mol. The van der Waals surface area contributed by atoms with Crippen molar-refractivity contribution in [1.82, 2.24) is 14.5 Å². The standard InChI is InChI=1S/C20H27N3O2S/c1-4-20(2,3)16-10-7-12-22(16)17(24)11-13-23-18(25)14-8-5-6-9-15(14)21-19(23)26/h5-6,8-9,16H,4,7,10-13H2,1-3H3,(H,21,26). The molecule has 1 fully saturated rings. The lowest BCUT2D eigenvalue weighted by molar-refractivity contribution is -0.134. The zero-order valence-electron chi connectivity index (χ0n) is 15.7. The number of hydrogen-bond acceptors (Lipinski definition) is 3. The molecule has 2 aromatic rings. The van der Waals surface area contributed by atoms with Crippen molar-refractivity contribution in [3.8, 4) is 0 Å². The fourth-order valence-electron chi connectivity index (χ4n) is 3.87. The van der Waals surface area contributed by atoms with Crippen molar-refractivity contribution in [3.05, 3.63) is 39.4 Å². The molecule has 1 aromatic carbocycles. The zero-order chi connectivity index (χ0) is 18.9. The molecule has 3 rings (SSSR count). The highest BCUT2D eigenvalue weighted by atomic mass is 32.1. The molecule has 1 aliphatic rings. The summed E-state index contributed by atoms with van der Waals surface area (Å²) < 4.78 is 1.87. The minimum atomic E-state index is -0.135. The number of H-pyrrole nitrogens is 1. The van der Waals surface area contributed by atoms with Crippen LogP contribution in [-0.2, 0) is 11.3 Å². The monoisotopic (exact) mass is 373 g/mol. The highest BCUT2D eigenvalue weighted by Gasteiger charge is 2.38. The minimum Gasteiger partial charge on any atom is -0.339 e. The molecular formula is C20H27N3O2S. The van der Waals surface area contributed by atoms with Crippen LogP contribution in [0.15, 0.2) is 29.1 Å². The Bertz CT molecular complexity index is 929. The molecule has 1 amide bonds. The van der Waals surface area contributed by atoms with Crippen LogP contribution in [0.5, 0.6) is 0 Å².